The van der Waals surface area contributed by atoms with Crippen molar-refractivity contribution in [3.63, 3.8) is 0 Å². The maximum absolute atomic E-state index is 11.1. The summed E-state index contributed by atoms with van der Waals surface area (Å²) in [6.45, 7) is 2.47. The number of carbonyl (C=O) groups is 4. The number of aliphatic carboxylic acids is 2. The Kier molecular flexibility index (Phi) is 10.5. The van der Waals surface area contributed by atoms with Crippen molar-refractivity contribution < 1.29 is 48.7 Å². The first-order valence-corrected chi connectivity index (χ1v) is 9.58. The number of aromatic hydroxyl groups is 1. The van der Waals surface area contributed by atoms with Gasteiger partial charge in [0.15, 0.2) is 28.8 Å². The molecule has 2 aromatic rings. The quantitative estimate of drug-likeness (QED) is 0.171. The summed E-state index contributed by atoms with van der Waals surface area (Å²) in [5.74, 6) is -2.48. The largest absolute Gasteiger partial charge is 0.504 e. The Morgan fingerprint density at radius 1 is 0.824 bits per heavy atom. The van der Waals surface area contributed by atoms with Crippen molar-refractivity contribution in [2.75, 3.05) is 14.2 Å². The molecule has 2 rings (SSSR count). The van der Waals surface area contributed by atoms with Crippen molar-refractivity contribution in [2.24, 2.45) is 0 Å². The van der Waals surface area contributed by atoms with E-state index in [-0.39, 0.29) is 17.1 Å². The summed E-state index contributed by atoms with van der Waals surface area (Å²) in [6.07, 6.45) is 3.66. The van der Waals surface area contributed by atoms with Gasteiger partial charge in [-0.1, -0.05) is 12.1 Å². The Morgan fingerprint density at radius 2 is 1.41 bits per heavy atom. The first-order valence-electron chi connectivity index (χ1n) is 9.58. The van der Waals surface area contributed by atoms with Crippen LogP contribution in [0.5, 0.6) is 23.0 Å². The average Bonchev–Trinajstić information content (AvgIpc) is 2.77. The number of carboxylic acid groups (broad SMARTS) is 2. The zero-order valence-corrected chi connectivity index (χ0v) is 18.9. The first-order chi connectivity index (χ1) is 16.0. The molecule has 0 radical (unpaired) electrons. The van der Waals surface area contributed by atoms with Crippen LogP contribution in [0.25, 0.3) is 12.2 Å². The zero-order chi connectivity index (χ0) is 25.8. The van der Waals surface area contributed by atoms with E-state index in [4.69, 9.17) is 24.4 Å². The van der Waals surface area contributed by atoms with Gasteiger partial charge in [0.2, 0.25) is 0 Å². The molecule has 0 aliphatic rings. The second kappa shape index (κ2) is 13.1. The molecule has 0 amide bonds. The van der Waals surface area contributed by atoms with E-state index in [9.17, 15) is 24.3 Å². The van der Waals surface area contributed by atoms with Gasteiger partial charge in [-0.3, -0.25) is 9.59 Å². The summed E-state index contributed by atoms with van der Waals surface area (Å²) < 4.78 is 14.8. The molecular formula is C24H24O10. The lowest BCUT2D eigenvalue weighted by molar-refractivity contribution is -0.134. The highest BCUT2D eigenvalue weighted by molar-refractivity contribution is 6.19. The summed E-state index contributed by atoms with van der Waals surface area (Å²) in [7, 11) is 2.82. The van der Waals surface area contributed by atoms with Gasteiger partial charge in [0, 0.05) is 13.0 Å². The summed E-state index contributed by atoms with van der Waals surface area (Å²) in [5.41, 5.74) is 0.783. The number of esters is 1. The molecule has 0 aromatic heterocycles. The number of ketones is 1. The van der Waals surface area contributed by atoms with E-state index in [2.05, 4.69) is 0 Å². The van der Waals surface area contributed by atoms with E-state index in [0.717, 1.165) is 6.08 Å². The van der Waals surface area contributed by atoms with Gasteiger partial charge >= 0.3 is 17.9 Å². The van der Waals surface area contributed by atoms with Crippen LogP contribution in [-0.2, 0) is 19.2 Å². The van der Waals surface area contributed by atoms with Crippen molar-refractivity contribution in [1.29, 1.82) is 0 Å². The number of methoxy groups -OCH3 is 2. The molecule has 0 spiro atoms. The predicted octanol–water partition coefficient (Wildman–Crippen LogP) is 3.18. The highest BCUT2D eigenvalue weighted by atomic mass is 16.6. The molecule has 0 bridgehead atoms. The number of ether oxygens (including phenoxy) is 3. The summed E-state index contributed by atoms with van der Waals surface area (Å²) in [4.78, 5) is 43.0. The van der Waals surface area contributed by atoms with E-state index in [1.54, 1.807) is 18.2 Å². The lowest BCUT2D eigenvalue weighted by atomic mass is 10.1. The third-order valence-electron chi connectivity index (χ3n) is 3.98. The highest BCUT2D eigenvalue weighted by Gasteiger charge is 2.13. The molecule has 0 saturated carbocycles. The molecule has 0 aliphatic heterocycles. The molecule has 10 nitrogen and oxygen atoms in total. The second-order valence-corrected chi connectivity index (χ2v) is 6.53. The van der Waals surface area contributed by atoms with Crippen LogP contribution in [0.3, 0.4) is 0 Å². The van der Waals surface area contributed by atoms with Gasteiger partial charge in [-0.15, -0.1) is 0 Å². The molecule has 0 unspecified atom stereocenters. The average molecular weight is 472 g/mol. The van der Waals surface area contributed by atoms with Crippen LogP contribution in [0.2, 0.25) is 0 Å². The number of Topliss-reactive ketones (excluding diaryl/α,β-unsaturated/α-hetero) is 1. The van der Waals surface area contributed by atoms with Gasteiger partial charge in [-0.05, 0) is 54.5 Å². The van der Waals surface area contributed by atoms with Gasteiger partial charge < -0.3 is 29.5 Å². The van der Waals surface area contributed by atoms with Gasteiger partial charge in [0.05, 0.1) is 14.2 Å². The summed E-state index contributed by atoms with van der Waals surface area (Å²) in [5, 5.41) is 26.7. The molecule has 180 valence electrons. The number of phenols is 1. The number of carbonyl (C=O) groups excluding carboxylic acids is 2. The molecular weight excluding hydrogens is 448 g/mol. The second-order valence-electron chi connectivity index (χ2n) is 6.53. The Morgan fingerprint density at radius 3 is 1.91 bits per heavy atom. The van der Waals surface area contributed by atoms with Crippen LogP contribution in [0.4, 0.5) is 0 Å². The van der Waals surface area contributed by atoms with E-state index in [0.29, 0.717) is 22.6 Å². The lowest BCUT2D eigenvalue weighted by Gasteiger charge is -2.08. The van der Waals surface area contributed by atoms with Crippen LogP contribution in [0, 0.1) is 0 Å². The molecule has 0 atom stereocenters. The first kappa shape index (κ1) is 27.4. The van der Waals surface area contributed by atoms with Gasteiger partial charge in [-0.2, -0.15) is 0 Å². The number of hydrogen-bond donors (Lipinski definition) is 3. The summed E-state index contributed by atoms with van der Waals surface area (Å²) >= 11 is 0. The van der Waals surface area contributed by atoms with Gasteiger partial charge in [-0.25, -0.2) is 9.59 Å². The van der Waals surface area contributed by atoms with Gasteiger partial charge in [0.1, 0.15) is 5.57 Å². The Bertz CT molecular complexity index is 1110. The fourth-order valence-electron chi connectivity index (χ4n) is 2.46. The SMILES string of the molecule is COc1cc(/C=C/C(=O)O)ccc1OC(C)=O.COc1cc(C=C(C(C)=O)C(=O)O)ccc1O. The zero-order valence-electron chi connectivity index (χ0n) is 18.9. The van der Waals surface area contributed by atoms with Crippen LogP contribution < -0.4 is 14.2 Å². The van der Waals surface area contributed by atoms with E-state index >= 15 is 0 Å². The highest BCUT2D eigenvalue weighted by Crippen LogP contribution is 2.29. The molecule has 3 N–H and O–H groups in total. The third kappa shape index (κ3) is 8.87. The fraction of sp³-hybridized carbons (Fsp3) is 0.167. The smallest absolute Gasteiger partial charge is 0.339 e. The fourth-order valence-corrected chi connectivity index (χ4v) is 2.46. The number of carboxylic acids is 2. The van der Waals surface area contributed by atoms with E-state index < -0.39 is 23.7 Å². The van der Waals surface area contributed by atoms with Crippen LogP contribution in [0.15, 0.2) is 48.0 Å². The molecule has 34 heavy (non-hydrogen) atoms. The molecule has 2 aromatic carbocycles. The number of benzene rings is 2. The normalized spacial score (nSPS) is 10.6. The minimum Gasteiger partial charge on any atom is -0.504 e. The number of hydrogen-bond acceptors (Lipinski definition) is 8. The molecule has 0 saturated heterocycles. The Labute approximate surface area is 195 Å². The van der Waals surface area contributed by atoms with Crippen molar-refractivity contribution >= 4 is 35.8 Å². The molecule has 10 heteroatoms. The maximum Gasteiger partial charge on any atom is 0.339 e. The van der Waals surface area contributed by atoms with Crippen LogP contribution in [0.1, 0.15) is 25.0 Å². The van der Waals surface area contributed by atoms with Gasteiger partial charge in [0.25, 0.3) is 0 Å². The minimum absolute atomic E-state index is 0.0515. The van der Waals surface area contributed by atoms with E-state index in [1.165, 1.54) is 58.4 Å². The predicted molar refractivity (Wildman–Crippen MR) is 122 cm³/mol. The number of rotatable bonds is 8. The van der Waals surface area contributed by atoms with E-state index in [1.807, 2.05) is 0 Å². The summed E-state index contributed by atoms with van der Waals surface area (Å²) in [6, 6.07) is 9.05. The molecule has 0 fully saturated rings. The Balaban J connectivity index is 0.000000340. The van der Waals surface area contributed by atoms with Crippen molar-refractivity contribution in [2.45, 2.75) is 13.8 Å². The monoisotopic (exact) mass is 472 g/mol. The topological polar surface area (TPSA) is 157 Å². The van der Waals surface area contributed by atoms with Crippen LogP contribution in [-0.4, -0.2) is 53.2 Å². The number of phenolic OH excluding ortho intramolecular Hbond substituents is 1. The lowest BCUT2D eigenvalue weighted by Crippen LogP contribution is -2.08. The molecule has 0 aliphatic carbocycles. The van der Waals surface area contributed by atoms with Crippen molar-refractivity contribution in [1.82, 2.24) is 0 Å². The van der Waals surface area contributed by atoms with Crippen molar-refractivity contribution in [3.8, 4) is 23.0 Å². The van der Waals surface area contributed by atoms with Crippen molar-refractivity contribution in [3.05, 3.63) is 59.2 Å². The maximum atomic E-state index is 11.1. The molecule has 0 heterocycles. The third-order valence-corrected chi connectivity index (χ3v) is 3.98. The minimum atomic E-state index is -1.29. The Hall–Kier alpha value is -4.60. The van der Waals surface area contributed by atoms with Crippen LogP contribution >= 0.6 is 0 Å². The standard InChI is InChI=1S/2C12H12O5/c1-8(13)17-10-5-3-9(4-6-12(14)15)7-11(10)16-2;1-7(13)9(12(15)16)5-8-3-4-10(14)11(6-8)17-2/h3-7H,1-2H3,(H,14,15);3-6,14H,1-2H3,(H,15,16)/b6-4+;.